The number of hydrogen-bond donors (Lipinski definition) is 2. The lowest BCUT2D eigenvalue weighted by molar-refractivity contribution is 0.0201. The predicted octanol–water partition coefficient (Wildman–Crippen LogP) is 4.37. The van der Waals surface area contributed by atoms with Gasteiger partial charge in [0.25, 0.3) is 0 Å². The molecular weight excluding hydrogens is 434 g/mol. The molecule has 7 nitrogen and oxygen atoms in total. The van der Waals surface area contributed by atoms with Gasteiger partial charge >= 0.3 is 6.09 Å². The van der Waals surface area contributed by atoms with E-state index in [0.717, 1.165) is 28.3 Å². The Labute approximate surface area is 179 Å². The van der Waals surface area contributed by atoms with E-state index in [-0.39, 0.29) is 12.1 Å². The minimum Gasteiger partial charge on any atom is -0.444 e. The van der Waals surface area contributed by atoms with E-state index in [9.17, 15) is 4.79 Å². The molecule has 0 bridgehead atoms. The number of fused-ring (bicyclic) bond motifs is 1. The van der Waals surface area contributed by atoms with Crippen LogP contribution in [0.15, 0.2) is 35.1 Å². The van der Waals surface area contributed by atoms with E-state index in [2.05, 4.69) is 31.2 Å². The molecule has 1 saturated heterocycles. The number of piperidine rings is 1. The minimum absolute atomic E-state index is 0.228. The van der Waals surface area contributed by atoms with Crippen molar-refractivity contribution in [1.29, 1.82) is 5.41 Å². The van der Waals surface area contributed by atoms with E-state index in [4.69, 9.17) is 10.1 Å². The molecule has 0 aliphatic carbocycles. The third-order valence-corrected chi connectivity index (χ3v) is 5.07. The summed E-state index contributed by atoms with van der Waals surface area (Å²) < 4.78 is 6.37. The fraction of sp³-hybridized carbons (Fsp3) is 0.429. The van der Waals surface area contributed by atoms with Crippen molar-refractivity contribution in [3.8, 4) is 0 Å². The van der Waals surface area contributed by atoms with Crippen LogP contribution in [0.25, 0.3) is 16.6 Å². The number of allylic oxidation sites excluding steroid dienone is 1. The number of carbonyl (C=O) groups excluding carboxylic acids is 1. The van der Waals surface area contributed by atoms with E-state index in [0.29, 0.717) is 24.4 Å². The molecule has 0 saturated carbocycles. The summed E-state index contributed by atoms with van der Waals surface area (Å²) in [5, 5.41) is 11.1. The zero-order valence-corrected chi connectivity index (χ0v) is 18.5. The summed E-state index contributed by atoms with van der Waals surface area (Å²) in [4.78, 5) is 23.0. The van der Waals surface area contributed by atoms with Gasteiger partial charge in [-0.25, -0.2) is 9.78 Å². The maximum absolute atomic E-state index is 12.2. The van der Waals surface area contributed by atoms with Gasteiger partial charge in [0.1, 0.15) is 5.60 Å². The molecule has 1 fully saturated rings. The molecule has 0 spiro atoms. The van der Waals surface area contributed by atoms with Crippen molar-refractivity contribution in [2.75, 3.05) is 13.1 Å². The third kappa shape index (κ3) is 5.76. The van der Waals surface area contributed by atoms with E-state index >= 15 is 0 Å². The monoisotopic (exact) mass is 459 g/mol. The molecule has 8 heteroatoms. The second kappa shape index (κ2) is 8.90. The molecule has 154 valence electrons. The Hall–Kier alpha value is -2.48. The molecular formula is C21H26BrN5O2. The van der Waals surface area contributed by atoms with Gasteiger partial charge in [-0.05, 0) is 51.8 Å². The summed E-state index contributed by atoms with van der Waals surface area (Å²) in [6.45, 7) is 6.90. The second-order valence-electron chi connectivity index (χ2n) is 8.04. The molecule has 0 unspecified atom stereocenters. The predicted molar refractivity (Wildman–Crippen MR) is 118 cm³/mol. The van der Waals surface area contributed by atoms with Crippen molar-refractivity contribution in [2.24, 2.45) is 0 Å². The highest BCUT2D eigenvalue weighted by Crippen LogP contribution is 2.19. The second-order valence-corrected chi connectivity index (χ2v) is 8.96. The Balaban J connectivity index is 1.62. The van der Waals surface area contributed by atoms with Crippen molar-refractivity contribution in [2.45, 2.75) is 45.3 Å². The first-order valence-electron chi connectivity index (χ1n) is 9.62. The molecule has 1 aliphatic rings. The molecule has 3 rings (SSSR count). The summed E-state index contributed by atoms with van der Waals surface area (Å²) in [6, 6.07) is 5.97. The third-order valence-electron chi connectivity index (χ3n) is 4.58. The highest BCUT2D eigenvalue weighted by Gasteiger charge is 2.26. The molecule has 2 aromatic rings. The fourth-order valence-corrected chi connectivity index (χ4v) is 3.43. The number of nitrogens with zero attached hydrogens (tertiary/aromatic N) is 3. The summed E-state index contributed by atoms with van der Waals surface area (Å²) in [6.07, 6.45) is 6.14. The van der Waals surface area contributed by atoms with Gasteiger partial charge < -0.3 is 20.4 Å². The molecule has 29 heavy (non-hydrogen) atoms. The zero-order chi connectivity index (χ0) is 21.0. The first-order valence-corrected chi connectivity index (χ1v) is 10.4. The van der Waals surface area contributed by atoms with Crippen LogP contribution in [0.1, 0.15) is 39.3 Å². The lowest BCUT2D eigenvalue weighted by atomic mass is 10.1. The van der Waals surface area contributed by atoms with Gasteiger partial charge in [-0.1, -0.05) is 15.9 Å². The Bertz CT molecular complexity index is 930. The maximum atomic E-state index is 12.2. The van der Waals surface area contributed by atoms with Crippen LogP contribution in [0.3, 0.4) is 0 Å². The van der Waals surface area contributed by atoms with Crippen LogP contribution in [-0.4, -0.2) is 51.9 Å². The topological polar surface area (TPSA) is 91.2 Å². The van der Waals surface area contributed by atoms with Gasteiger partial charge in [0.05, 0.1) is 22.9 Å². The number of benzene rings is 1. The normalized spacial score (nSPS) is 16.0. The largest absolute Gasteiger partial charge is 0.444 e. The molecule has 1 aromatic heterocycles. The Kier molecular flexibility index (Phi) is 6.52. The number of rotatable bonds is 4. The van der Waals surface area contributed by atoms with Crippen molar-refractivity contribution in [3.63, 3.8) is 0 Å². The number of nitrogens with one attached hydrogen (secondary N) is 2. The Morgan fingerprint density at radius 2 is 2.03 bits per heavy atom. The molecule has 0 atom stereocenters. The van der Waals surface area contributed by atoms with Gasteiger partial charge in [-0.3, -0.25) is 4.98 Å². The van der Waals surface area contributed by atoms with Crippen LogP contribution in [-0.2, 0) is 4.74 Å². The van der Waals surface area contributed by atoms with Crippen molar-refractivity contribution in [1.82, 2.24) is 20.2 Å². The number of aromatic nitrogens is 2. The van der Waals surface area contributed by atoms with E-state index in [1.54, 1.807) is 11.1 Å². The van der Waals surface area contributed by atoms with Crippen LogP contribution >= 0.6 is 15.9 Å². The summed E-state index contributed by atoms with van der Waals surface area (Å²) in [5.41, 5.74) is 2.40. The van der Waals surface area contributed by atoms with Crippen molar-refractivity contribution in [3.05, 3.63) is 40.8 Å². The van der Waals surface area contributed by atoms with Crippen LogP contribution in [0, 0.1) is 5.41 Å². The quantitative estimate of drug-likeness (QED) is 0.662. The number of carbonyl (C=O) groups is 1. The average Bonchev–Trinajstić information content (AvgIpc) is 2.67. The standard InChI is InChI=1S/C21H26BrN5O2/c1-21(2,3)29-20(28)27-8-6-16(7-9-27)24-12-14(11-23)19-13-25-17-5-4-15(22)10-18(17)26-19/h4-5,10-13,16,23-24H,6-9H2,1-3H3/b14-12+,23-11?. The molecule has 2 heterocycles. The SMILES string of the molecule is CC(C)(C)OC(=O)N1CCC(N/C=C(\C=N)c2cnc3ccc(Br)cc3n2)CC1. The minimum atomic E-state index is -0.482. The van der Waals surface area contributed by atoms with Crippen molar-refractivity contribution < 1.29 is 9.53 Å². The zero-order valence-electron chi connectivity index (χ0n) is 16.9. The average molecular weight is 460 g/mol. The highest BCUT2D eigenvalue weighted by atomic mass is 79.9. The Morgan fingerprint density at radius 1 is 1.31 bits per heavy atom. The summed E-state index contributed by atoms with van der Waals surface area (Å²) in [5.74, 6) is 0. The smallest absolute Gasteiger partial charge is 0.410 e. The van der Waals surface area contributed by atoms with Crippen molar-refractivity contribution >= 4 is 44.8 Å². The van der Waals surface area contributed by atoms with E-state index < -0.39 is 5.60 Å². The van der Waals surface area contributed by atoms with Crippen LogP contribution < -0.4 is 5.32 Å². The van der Waals surface area contributed by atoms with Gasteiger partial charge in [0, 0.05) is 41.6 Å². The van der Waals surface area contributed by atoms with Gasteiger partial charge in [0.2, 0.25) is 0 Å². The fourth-order valence-electron chi connectivity index (χ4n) is 3.08. The van der Waals surface area contributed by atoms with Gasteiger partial charge in [0.15, 0.2) is 0 Å². The molecule has 1 aliphatic heterocycles. The number of halogens is 1. The Morgan fingerprint density at radius 3 is 2.69 bits per heavy atom. The lowest BCUT2D eigenvalue weighted by Crippen LogP contribution is -2.45. The summed E-state index contributed by atoms with van der Waals surface area (Å²) in [7, 11) is 0. The number of likely N-dealkylation sites (tertiary alicyclic amines) is 1. The van der Waals surface area contributed by atoms with Gasteiger partial charge in [-0.2, -0.15) is 0 Å². The molecule has 0 radical (unpaired) electrons. The van der Waals surface area contributed by atoms with E-state index in [1.807, 2.05) is 45.2 Å². The van der Waals surface area contributed by atoms with Crippen LogP contribution in [0.2, 0.25) is 0 Å². The maximum Gasteiger partial charge on any atom is 0.410 e. The summed E-state index contributed by atoms with van der Waals surface area (Å²) >= 11 is 3.45. The highest BCUT2D eigenvalue weighted by molar-refractivity contribution is 9.10. The number of ether oxygens (including phenoxy) is 1. The molecule has 1 aromatic carbocycles. The van der Waals surface area contributed by atoms with E-state index in [1.165, 1.54) is 6.21 Å². The van der Waals surface area contributed by atoms with Gasteiger partial charge in [-0.15, -0.1) is 0 Å². The number of amides is 1. The first-order chi connectivity index (χ1) is 13.7. The number of hydrogen-bond acceptors (Lipinski definition) is 6. The van der Waals surface area contributed by atoms with Crippen LogP contribution in [0.5, 0.6) is 0 Å². The van der Waals surface area contributed by atoms with Crippen LogP contribution in [0.4, 0.5) is 4.79 Å². The lowest BCUT2D eigenvalue weighted by Gasteiger charge is -2.33. The molecule has 2 N–H and O–H groups in total. The molecule has 1 amide bonds. The first kappa shape index (κ1) is 21.2.